The number of nitrogens with one attached hydrogen (secondary N) is 1. The van der Waals surface area contributed by atoms with Gasteiger partial charge in [-0.3, -0.25) is 9.69 Å². The maximum atomic E-state index is 11.8. The van der Waals surface area contributed by atoms with Crippen molar-refractivity contribution in [3.05, 3.63) is 35.2 Å². The van der Waals surface area contributed by atoms with Gasteiger partial charge in [0, 0.05) is 10.6 Å². The van der Waals surface area contributed by atoms with Gasteiger partial charge in [0.2, 0.25) is 11.7 Å². The summed E-state index contributed by atoms with van der Waals surface area (Å²) in [6.45, 7) is 1.56. The van der Waals surface area contributed by atoms with Crippen LogP contribution in [0, 0.1) is 0 Å². The van der Waals surface area contributed by atoms with E-state index in [-0.39, 0.29) is 18.3 Å². The Kier molecular flexibility index (Phi) is 3.34. The standard InChI is InChI=1S/C13H11ClN4O3/c1-7-12(19)18(13(20)15-7)6-10-16-11(17-21-10)8-3-2-4-9(14)5-8/h2-5,7H,6H2,1H3,(H,15,20)/t7-/m1/s1. The van der Waals surface area contributed by atoms with Gasteiger partial charge in [0.1, 0.15) is 12.6 Å². The summed E-state index contributed by atoms with van der Waals surface area (Å²) in [4.78, 5) is 28.6. The molecule has 3 rings (SSSR count). The lowest BCUT2D eigenvalue weighted by molar-refractivity contribution is -0.127. The van der Waals surface area contributed by atoms with E-state index in [1.54, 1.807) is 31.2 Å². The van der Waals surface area contributed by atoms with Gasteiger partial charge < -0.3 is 9.84 Å². The van der Waals surface area contributed by atoms with Crippen LogP contribution in [0.4, 0.5) is 4.79 Å². The molecule has 1 atom stereocenters. The SMILES string of the molecule is C[C@H]1NC(=O)N(Cc2nc(-c3cccc(Cl)c3)no2)C1=O. The fourth-order valence-electron chi connectivity index (χ4n) is 2.01. The van der Waals surface area contributed by atoms with E-state index >= 15 is 0 Å². The predicted molar refractivity (Wildman–Crippen MR) is 73.3 cm³/mol. The number of rotatable bonds is 3. The number of carbonyl (C=O) groups excluding carboxylic acids is 2. The summed E-state index contributed by atoms with van der Waals surface area (Å²) in [5.41, 5.74) is 0.697. The van der Waals surface area contributed by atoms with Crippen LogP contribution in [0.1, 0.15) is 12.8 Å². The Morgan fingerprint density at radius 3 is 2.90 bits per heavy atom. The maximum absolute atomic E-state index is 11.8. The third-order valence-corrected chi connectivity index (χ3v) is 3.30. The Morgan fingerprint density at radius 2 is 2.24 bits per heavy atom. The first-order valence-corrected chi connectivity index (χ1v) is 6.63. The molecule has 1 N–H and O–H groups in total. The molecule has 2 aromatic rings. The van der Waals surface area contributed by atoms with Crippen LogP contribution in [-0.4, -0.2) is 33.0 Å². The molecule has 0 spiro atoms. The van der Waals surface area contributed by atoms with Gasteiger partial charge in [-0.25, -0.2) is 4.79 Å². The van der Waals surface area contributed by atoms with E-state index in [0.29, 0.717) is 16.4 Å². The Morgan fingerprint density at radius 1 is 1.43 bits per heavy atom. The van der Waals surface area contributed by atoms with E-state index in [1.807, 2.05) is 0 Å². The van der Waals surface area contributed by atoms with Crippen LogP contribution in [0.25, 0.3) is 11.4 Å². The molecule has 1 saturated heterocycles. The molecule has 0 unspecified atom stereocenters. The number of urea groups is 1. The number of amides is 3. The van der Waals surface area contributed by atoms with E-state index in [1.165, 1.54) is 0 Å². The van der Waals surface area contributed by atoms with E-state index in [9.17, 15) is 9.59 Å². The molecule has 7 nitrogen and oxygen atoms in total. The lowest BCUT2D eigenvalue weighted by atomic mass is 10.2. The molecular formula is C13H11ClN4O3. The molecule has 1 aromatic carbocycles. The number of hydrogen-bond donors (Lipinski definition) is 1. The average Bonchev–Trinajstić information content (AvgIpc) is 3.00. The number of benzene rings is 1. The molecule has 0 aliphatic carbocycles. The molecule has 1 fully saturated rings. The zero-order chi connectivity index (χ0) is 15.0. The summed E-state index contributed by atoms with van der Waals surface area (Å²) < 4.78 is 5.07. The number of aromatic nitrogens is 2. The van der Waals surface area contributed by atoms with E-state index in [2.05, 4.69) is 15.5 Å². The van der Waals surface area contributed by atoms with Crippen molar-refractivity contribution in [1.82, 2.24) is 20.4 Å². The number of nitrogens with zero attached hydrogens (tertiary/aromatic N) is 3. The minimum atomic E-state index is -0.534. The third kappa shape index (κ3) is 2.59. The molecule has 1 aromatic heterocycles. The number of carbonyl (C=O) groups is 2. The van der Waals surface area contributed by atoms with Crippen LogP contribution >= 0.6 is 11.6 Å². The van der Waals surface area contributed by atoms with Gasteiger partial charge >= 0.3 is 6.03 Å². The number of hydrogen-bond acceptors (Lipinski definition) is 5. The third-order valence-electron chi connectivity index (χ3n) is 3.07. The van der Waals surface area contributed by atoms with Gasteiger partial charge in [-0.2, -0.15) is 4.98 Å². The largest absolute Gasteiger partial charge is 0.337 e. The van der Waals surface area contributed by atoms with Crippen LogP contribution in [0.2, 0.25) is 5.02 Å². The predicted octanol–water partition coefficient (Wildman–Crippen LogP) is 1.83. The first kappa shape index (κ1) is 13.6. The zero-order valence-corrected chi connectivity index (χ0v) is 11.8. The summed E-state index contributed by atoms with van der Waals surface area (Å²) in [7, 11) is 0. The molecule has 0 bridgehead atoms. The van der Waals surface area contributed by atoms with Crippen LogP contribution < -0.4 is 5.32 Å². The number of imide groups is 1. The second-order valence-electron chi connectivity index (χ2n) is 4.62. The molecule has 3 amide bonds. The molecule has 0 saturated carbocycles. The van der Waals surface area contributed by atoms with Gasteiger partial charge in [-0.15, -0.1) is 0 Å². The van der Waals surface area contributed by atoms with Crippen LogP contribution in [0.5, 0.6) is 0 Å². The summed E-state index contributed by atoms with van der Waals surface area (Å²) in [6, 6.07) is 6.00. The fourth-order valence-corrected chi connectivity index (χ4v) is 2.20. The van der Waals surface area contributed by atoms with Crippen molar-refractivity contribution in [1.29, 1.82) is 0 Å². The van der Waals surface area contributed by atoms with Crippen LogP contribution in [-0.2, 0) is 11.3 Å². The lowest BCUT2D eigenvalue weighted by Crippen LogP contribution is -2.30. The first-order chi connectivity index (χ1) is 10.0. The topological polar surface area (TPSA) is 88.3 Å². The second-order valence-corrected chi connectivity index (χ2v) is 5.05. The summed E-state index contributed by atoms with van der Waals surface area (Å²) in [6.07, 6.45) is 0. The van der Waals surface area contributed by atoms with Crippen molar-refractivity contribution < 1.29 is 14.1 Å². The highest BCUT2D eigenvalue weighted by molar-refractivity contribution is 6.30. The van der Waals surface area contributed by atoms with E-state index < -0.39 is 12.1 Å². The van der Waals surface area contributed by atoms with Crippen molar-refractivity contribution in [3.63, 3.8) is 0 Å². The molecular weight excluding hydrogens is 296 g/mol. The summed E-state index contributed by atoms with van der Waals surface area (Å²) in [5.74, 6) is 0.220. The Balaban J connectivity index is 1.80. The van der Waals surface area contributed by atoms with Crippen molar-refractivity contribution in [3.8, 4) is 11.4 Å². The zero-order valence-electron chi connectivity index (χ0n) is 11.0. The quantitative estimate of drug-likeness (QED) is 0.874. The maximum Gasteiger partial charge on any atom is 0.325 e. The lowest BCUT2D eigenvalue weighted by Gasteiger charge is -2.08. The number of halogens is 1. The first-order valence-electron chi connectivity index (χ1n) is 6.25. The monoisotopic (exact) mass is 306 g/mol. The summed E-state index contributed by atoms with van der Waals surface area (Å²) >= 11 is 5.90. The van der Waals surface area contributed by atoms with Crippen LogP contribution in [0.15, 0.2) is 28.8 Å². The normalized spacial score (nSPS) is 18.2. The molecule has 8 heteroatoms. The highest BCUT2D eigenvalue weighted by atomic mass is 35.5. The van der Waals surface area contributed by atoms with Gasteiger partial charge in [0.25, 0.3) is 5.91 Å². The van der Waals surface area contributed by atoms with Gasteiger partial charge in [0.05, 0.1) is 0 Å². The Bertz CT molecular complexity index is 715. The Hall–Kier alpha value is -2.41. The van der Waals surface area contributed by atoms with Gasteiger partial charge in [-0.05, 0) is 19.1 Å². The molecule has 0 radical (unpaired) electrons. The van der Waals surface area contributed by atoms with Gasteiger partial charge in [0.15, 0.2) is 0 Å². The minimum absolute atomic E-state index is 0.0530. The minimum Gasteiger partial charge on any atom is -0.337 e. The van der Waals surface area contributed by atoms with Gasteiger partial charge in [-0.1, -0.05) is 28.9 Å². The highest BCUT2D eigenvalue weighted by Crippen LogP contribution is 2.20. The average molecular weight is 307 g/mol. The molecule has 2 heterocycles. The van der Waals surface area contributed by atoms with Crippen molar-refractivity contribution in [2.45, 2.75) is 19.5 Å². The van der Waals surface area contributed by atoms with Crippen molar-refractivity contribution in [2.75, 3.05) is 0 Å². The molecule has 108 valence electrons. The summed E-state index contributed by atoms with van der Waals surface area (Å²) in [5, 5.41) is 6.89. The molecule has 1 aliphatic heterocycles. The van der Waals surface area contributed by atoms with E-state index in [0.717, 1.165) is 4.90 Å². The van der Waals surface area contributed by atoms with E-state index in [4.69, 9.17) is 16.1 Å². The molecule has 21 heavy (non-hydrogen) atoms. The van der Waals surface area contributed by atoms with Crippen molar-refractivity contribution >= 4 is 23.5 Å². The fraction of sp³-hybridized carbons (Fsp3) is 0.231. The molecule has 1 aliphatic rings. The van der Waals surface area contributed by atoms with Crippen molar-refractivity contribution in [2.24, 2.45) is 0 Å². The highest BCUT2D eigenvalue weighted by Gasteiger charge is 2.36. The smallest absolute Gasteiger partial charge is 0.325 e. The second kappa shape index (κ2) is 5.17. The Labute approximate surface area is 124 Å². The van der Waals surface area contributed by atoms with Crippen LogP contribution in [0.3, 0.4) is 0 Å².